The maximum absolute atomic E-state index is 12.3. The van der Waals surface area contributed by atoms with Crippen molar-refractivity contribution in [2.75, 3.05) is 0 Å². The maximum Gasteiger partial charge on any atom is 0.416 e. The van der Waals surface area contributed by atoms with Crippen LogP contribution < -0.4 is 5.73 Å². The molecule has 0 aromatic heterocycles. The fraction of sp³-hybridized carbons (Fsp3) is 0.333. The van der Waals surface area contributed by atoms with Crippen LogP contribution in [-0.4, -0.2) is 4.92 Å². The number of nitro benzene ring substituents is 1. The zero-order valence-electron chi connectivity index (χ0n) is 8.28. The van der Waals surface area contributed by atoms with E-state index in [1.54, 1.807) is 0 Å². The van der Waals surface area contributed by atoms with Gasteiger partial charge in [-0.2, -0.15) is 13.2 Å². The largest absolute Gasteiger partial charge is 0.416 e. The molecule has 0 unspecified atom stereocenters. The highest BCUT2D eigenvalue weighted by Crippen LogP contribution is 2.34. The van der Waals surface area contributed by atoms with E-state index in [4.69, 9.17) is 5.73 Å². The molecule has 0 spiro atoms. The molecule has 16 heavy (non-hydrogen) atoms. The summed E-state index contributed by atoms with van der Waals surface area (Å²) in [5, 5.41) is 10.6. The summed E-state index contributed by atoms with van der Waals surface area (Å²) in [5.74, 6) is 0. The van der Waals surface area contributed by atoms with Crippen LogP contribution in [0.2, 0.25) is 0 Å². The minimum atomic E-state index is -4.60. The molecule has 88 valence electrons. The van der Waals surface area contributed by atoms with E-state index in [0.29, 0.717) is 6.07 Å². The molecule has 0 aliphatic heterocycles. The van der Waals surface area contributed by atoms with Crippen molar-refractivity contribution in [2.45, 2.75) is 19.1 Å². The van der Waals surface area contributed by atoms with Crippen molar-refractivity contribution in [3.05, 3.63) is 39.4 Å². The van der Waals surface area contributed by atoms with Crippen molar-refractivity contribution in [2.24, 2.45) is 5.73 Å². The summed E-state index contributed by atoms with van der Waals surface area (Å²) >= 11 is 0. The van der Waals surface area contributed by atoms with E-state index in [2.05, 4.69) is 0 Å². The Kier molecular flexibility index (Phi) is 3.18. The number of nitro groups is 1. The second-order valence-corrected chi connectivity index (χ2v) is 3.32. The first-order valence-electron chi connectivity index (χ1n) is 4.34. The van der Waals surface area contributed by atoms with Crippen LogP contribution in [0.15, 0.2) is 18.2 Å². The first-order valence-corrected chi connectivity index (χ1v) is 4.34. The minimum absolute atomic E-state index is 0.0815. The van der Waals surface area contributed by atoms with E-state index in [-0.39, 0.29) is 5.56 Å². The molecule has 0 aliphatic carbocycles. The molecule has 0 radical (unpaired) electrons. The summed E-state index contributed by atoms with van der Waals surface area (Å²) < 4.78 is 36.9. The number of hydrogen-bond donors (Lipinski definition) is 1. The van der Waals surface area contributed by atoms with Gasteiger partial charge in [0.05, 0.1) is 10.5 Å². The number of nitrogens with two attached hydrogens (primary N) is 1. The quantitative estimate of drug-likeness (QED) is 0.631. The summed E-state index contributed by atoms with van der Waals surface area (Å²) in [6.07, 6.45) is -4.60. The second kappa shape index (κ2) is 4.09. The fourth-order valence-electron chi connectivity index (χ4n) is 1.26. The molecule has 0 heterocycles. The predicted octanol–water partition coefficient (Wildman–Crippen LogP) is 2.63. The van der Waals surface area contributed by atoms with Crippen molar-refractivity contribution in [3.63, 3.8) is 0 Å². The summed E-state index contributed by atoms with van der Waals surface area (Å²) in [7, 11) is 0. The van der Waals surface area contributed by atoms with Crippen LogP contribution in [0.5, 0.6) is 0 Å². The van der Waals surface area contributed by atoms with E-state index in [1.165, 1.54) is 6.92 Å². The Labute approximate surface area is 89.0 Å². The molecule has 1 atom stereocenters. The van der Waals surface area contributed by atoms with Crippen molar-refractivity contribution in [1.29, 1.82) is 0 Å². The first kappa shape index (κ1) is 12.4. The molecule has 0 aliphatic rings. The first-order chi connectivity index (χ1) is 7.23. The average Bonchev–Trinajstić information content (AvgIpc) is 2.15. The van der Waals surface area contributed by atoms with Gasteiger partial charge < -0.3 is 5.73 Å². The number of rotatable bonds is 2. The van der Waals surface area contributed by atoms with Crippen LogP contribution in [-0.2, 0) is 6.18 Å². The molecule has 1 rings (SSSR count). The minimum Gasteiger partial charge on any atom is -0.324 e. The van der Waals surface area contributed by atoms with Crippen LogP contribution in [0.25, 0.3) is 0 Å². The molecule has 0 bridgehead atoms. The zero-order chi connectivity index (χ0) is 12.5. The van der Waals surface area contributed by atoms with E-state index < -0.39 is 28.4 Å². The number of benzene rings is 1. The normalized spacial score (nSPS) is 13.6. The van der Waals surface area contributed by atoms with Gasteiger partial charge in [0.1, 0.15) is 0 Å². The van der Waals surface area contributed by atoms with Crippen LogP contribution in [0.4, 0.5) is 18.9 Å². The monoisotopic (exact) mass is 234 g/mol. The van der Waals surface area contributed by atoms with Crippen LogP contribution >= 0.6 is 0 Å². The van der Waals surface area contributed by atoms with Gasteiger partial charge in [0, 0.05) is 17.7 Å². The van der Waals surface area contributed by atoms with Gasteiger partial charge in [-0.25, -0.2) is 0 Å². The number of hydrogen-bond acceptors (Lipinski definition) is 3. The highest BCUT2D eigenvalue weighted by molar-refractivity contribution is 5.45. The van der Waals surface area contributed by atoms with Gasteiger partial charge >= 0.3 is 6.18 Å². The van der Waals surface area contributed by atoms with Crippen LogP contribution in [0.3, 0.4) is 0 Å². The van der Waals surface area contributed by atoms with Gasteiger partial charge in [-0.1, -0.05) is 0 Å². The molecule has 4 nitrogen and oxygen atoms in total. The molecule has 0 saturated carbocycles. The standard InChI is InChI=1S/C9H9F3N2O2/c1-5(13)7-3-2-6(9(10,11)12)4-8(7)14(15)16/h2-5H,13H2,1H3/t5-/m1/s1. The highest BCUT2D eigenvalue weighted by Gasteiger charge is 2.33. The Hall–Kier alpha value is -1.63. The molecule has 7 heteroatoms. The Balaban J connectivity index is 3.34. The third-order valence-electron chi connectivity index (χ3n) is 2.05. The maximum atomic E-state index is 12.3. The van der Waals surface area contributed by atoms with Gasteiger partial charge in [0.15, 0.2) is 0 Å². The molecular formula is C9H9F3N2O2. The van der Waals surface area contributed by atoms with Gasteiger partial charge in [-0.15, -0.1) is 0 Å². The van der Waals surface area contributed by atoms with E-state index in [1.807, 2.05) is 0 Å². The highest BCUT2D eigenvalue weighted by atomic mass is 19.4. The van der Waals surface area contributed by atoms with Gasteiger partial charge in [-0.05, 0) is 19.1 Å². The van der Waals surface area contributed by atoms with Gasteiger partial charge in [0.25, 0.3) is 5.69 Å². The summed E-state index contributed by atoms with van der Waals surface area (Å²) in [6.45, 7) is 1.47. The average molecular weight is 234 g/mol. The molecule has 0 amide bonds. The predicted molar refractivity (Wildman–Crippen MR) is 50.7 cm³/mol. The number of alkyl halides is 3. The zero-order valence-corrected chi connectivity index (χ0v) is 8.28. The van der Waals surface area contributed by atoms with Crippen LogP contribution in [0.1, 0.15) is 24.1 Å². The molecular weight excluding hydrogens is 225 g/mol. The lowest BCUT2D eigenvalue weighted by Crippen LogP contribution is -2.11. The van der Waals surface area contributed by atoms with Crippen molar-refractivity contribution in [1.82, 2.24) is 0 Å². The number of halogens is 3. The van der Waals surface area contributed by atoms with E-state index in [0.717, 1.165) is 12.1 Å². The molecule has 0 saturated heterocycles. The third-order valence-corrected chi connectivity index (χ3v) is 2.05. The van der Waals surface area contributed by atoms with Gasteiger partial charge in [-0.3, -0.25) is 10.1 Å². The lowest BCUT2D eigenvalue weighted by molar-refractivity contribution is -0.385. The summed E-state index contributed by atoms with van der Waals surface area (Å²) in [5.41, 5.74) is 3.85. The van der Waals surface area contributed by atoms with Gasteiger partial charge in [0.2, 0.25) is 0 Å². The van der Waals surface area contributed by atoms with Crippen LogP contribution in [0, 0.1) is 10.1 Å². The fourth-order valence-corrected chi connectivity index (χ4v) is 1.26. The topological polar surface area (TPSA) is 69.2 Å². The molecule has 1 aromatic rings. The SMILES string of the molecule is C[C@@H](N)c1ccc(C(F)(F)F)cc1[N+](=O)[O-]. The molecule has 0 fully saturated rings. The Morgan fingerprint density at radius 2 is 2.00 bits per heavy atom. The Morgan fingerprint density at radius 3 is 2.38 bits per heavy atom. The second-order valence-electron chi connectivity index (χ2n) is 3.32. The Bertz CT molecular complexity index is 416. The molecule has 1 aromatic carbocycles. The van der Waals surface area contributed by atoms with Crippen molar-refractivity contribution in [3.8, 4) is 0 Å². The molecule has 2 N–H and O–H groups in total. The third kappa shape index (κ3) is 2.48. The van der Waals surface area contributed by atoms with E-state index >= 15 is 0 Å². The summed E-state index contributed by atoms with van der Waals surface area (Å²) in [4.78, 5) is 9.72. The smallest absolute Gasteiger partial charge is 0.324 e. The summed E-state index contributed by atoms with van der Waals surface area (Å²) in [6, 6.07) is 1.62. The van der Waals surface area contributed by atoms with Crippen molar-refractivity contribution >= 4 is 5.69 Å². The van der Waals surface area contributed by atoms with E-state index in [9.17, 15) is 23.3 Å². The Morgan fingerprint density at radius 1 is 1.44 bits per heavy atom. The van der Waals surface area contributed by atoms with Crippen molar-refractivity contribution < 1.29 is 18.1 Å². The lowest BCUT2D eigenvalue weighted by Gasteiger charge is -2.10. The number of nitrogens with zero attached hydrogens (tertiary/aromatic N) is 1. The lowest BCUT2D eigenvalue weighted by atomic mass is 10.0.